The van der Waals surface area contributed by atoms with Crippen LogP contribution in [0.5, 0.6) is 0 Å². The molecule has 2 atom stereocenters. The second kappa shape index (κ2) is 8.52. The van der Waals surface area contributed by atoms with Crippen molar-refractivity contribution in [1.29, 1.82) is 0 Å². The Morgan fingerprint density at radius 2 is 1.69 bits per heavy atom. The highest BCUT2D eigenvalue weighted by Gasteiger charge is 2.17. The van der Waals surface area contributed by atoms with Crippen LogP contribution in [0.3, 0.4) is 0 Å². The highest BCUT2D eigenvalue weighted by molar-refractivity contribution is 4.74. The third-order valence-corrected chi connectivity index (χ3v) is 2.37. The third-order valence-electron chi connectivity index (χ3n) is 2.37. The molecule has 2 heteroatoms. The van der Waals surface area contributed by atoms with E-state index in [2.05, 4.69) is 26.1 Å². The molecule has 0 aliphatic rings. The summed E-state index contributed by atoms with van der Waals surface area (Å²) in [5.74, 6) is 0. The lowest BCUT2D eigenvalue weighted by molar-refractivity contribution is 0.0277. The highest BCUT2D eigenvalue weighted by Crippen LogP contribution is 2.11. The summed E-state index contributed by atoms with van der Waals surface area (Å²) in [6, 6.07) is 0.532. The zero-order valence-electron chi connectivity index (χ0n) is 9.60. The molecule has 80 valence electrons. The van der Waals surface area contributed by atoms with Crippen LogP contribution in [-0.2, 0) is 4.74 Å². The zero-order valence-corrected chi connectivity index (χ0v) is 9.60. The van der Waals surface area contributed by atoms with Crippen molar-refractivity contribution < 1.29 is 4.74 Å². The SMILES string of the molecule is CCCC(NC)C(CCC)OCC. The standard InChI is InChI=1S/C11H25NO/c1-5-8-10(12-4)11(9-6-2)13-7-3/h10-12H,5-9H2,1-4H3. The van der Waals surface area contributed by atoms with Crippen LogP contribution in [0.25, 0.3) is 0 Å². The van der Waals surface area contributed by atoms with Crippen LogP contribution in [0.2, 0.25) is 0 Å². The lowest BCUT2D eigenvalue weighted by Gasteiger charge is -2.26. The summed E-state index contributed by atoms with van der Waals surface area (Å²) in [6.45, 7) is 7.33. The van der Waals surface area contributed by atoms with Gasteiger partial charge in [0.15, 0.2) is 0 Å². The molecule has 0 spiro atoms. The molecule has 13 heavy (non-hydrogen) atoms. The molecule has 2 unspecified atom stereocenters. The summed E-state index contributed by atoms with van der Waals surface area (Å²) in [4.78, 5) is 0. The maximum Gasteiger partial charge on any atom is 0.0727 e. The maximum atomic E-state index is 5.73. The predicted molar refractivity (Wildman–Crippen MR) is 58.1 cm³/mol. The van der Waals surface area contributed by atoms with Gasteiger partial charge in [0, 0.05) is 12.6 Å². The van der Waals surface area contributed by atoms with Crippen molar-refractivity contribution in [2.24, 2.45) is 0 Å². The van der Waals surface area contributed by atoms with E-state index >= 15 is 0 Å². The minimum atomic E-state index is 0.403. The molecule has 0 saturated heterocycles. The van der Waals surface area contributed by atoms with Gasteiger partial charge < -0.3 is 10.1 Å². The fourth-order valence-corrected chi connectivity index (χ4v) is 1.73. The number of rotatable bonds is 8. The Bertz CT molecular complexity index is 100. The Kier molecular flexibility index (Phi) is 8.46. The van der Waals surface area contributed by atoms with E-state index in [4.69, 9.17) is 4.74 Å². The van der Waals surface area contributed by atoms with Crippen molar-refractivity contribution in [3.8, 4) is 0 Å². The molecule has 0 saturated carbocycles. The van der Waals surface area contributed by atoms with E-state index in [-0.39, 0.29) is 0 Å². The Hall–Kier alpha value is -0.0800. The van der Waals surface area contributed by atoms with E-state index in [1.165, 1.54) is 25.7 Å². The van der Waals surface area contributed by atoms with Gasteiger partial charge in [0.1, 0.15) is 0 Å². The van der Waals surface area contributed by atoms with Crippen LogP contribution in [0, 0.1) is 0 Å². The van der Waals surface area contributed by atoms with Crippen molar-refractivity contribution in [3.63, 3.8) is 0 Å². The maximum absolute atomic E-state index is 5.73. The number of nitrogens with one attached hydrogen (secondary N) is 1. The van der Waals surface area contributed by atoms with Crippen molar-refractivity contribution in [2.45, 2.75) is 58.6 Å². The van der Waals surface area contributed by atoms with Gasteiger partial charge in [-0.1, -0.05) is 26.7 Å². The van der Waals surface area contributed by atoms with Crippen LogP contribution in [0.4, 0.5) is 0 Å². The average molecular weight is 187 g/mol. The average Bonchev–Trinajstić information content (AvgIpc) is 2.14. The number of likely N-dealkylation sites (N-methyl/N-ethyl adjacent to an activating group) is 1. The first-order valence-corrected chi connectivity index (χ1v) is 5.58. The van der Waals surface area contributed by atoms with Crippen LogP contribution >= 0.6 is 0 Å². The third kappa shape index (κ3) is 5.27. The molecule has 0 aliphatic carbocycles. The van der Waals surface area contributed by atoms with Gasteiger partial charge in [0.05, 0.1) is 6.10 Å². The van der Waals surface area contributed by atoms with Gasteiger partial charge in [-0.3, -0.25) is 0 Å². The molecule has 0 aliphatic heterocycles. The Morgan fingerprint density at radius 1 is 1.08 bits per heavy atom. The van der Waals surface area contributed by atoms with Crippen molar-refractivity contribution in [1.82, 2.24) is 5.32 Å². The second-order valence-electron chi connectivity index (χ2n) is 3.47. The second-order valence-corrected chi connectivity index (χ2v) is 3.47. The van der Waals surface area contributed by atoms with E-state index in [0.29, 0.717) is 12.1 Å². The van der Waals surface area contributed by atoms with Crippen LogP contribution in [0.1, 0.15) is 46.5 Å². The van der Waals surface area contributed by atoms with E-state index in [1.807, 2.05) is 7.05 Å². The fraction of sp³-hybridized carbons (Fsp3) is 1.00. The summed E-state index contributed by atoms with van der Waals surface area (Å²) in [6.07, 6.45) is 5.20. The van der Waals surface area contributed by atoms with Gasteiger partial charge in [-0.05, 0) is 26.8 Å². The van der Waals surface area contributed by atoms with E-state index in [9.17, 15) is 0 Å². The number of hydrogen-bond acceptors (Lipinski definition) is 2. The van der Waals surface area contributed by atoms with Crippen molar-refractivity contribution in [2.75, 3.05) is 13.7 Å². The number of hydrogen-bond donors (Lipinski definition) is 1. The van der Waals surface area contributed by atoms with Crippen LogP contribution in [0.15, 0.2) is 0 Å². The van der Waals surface area contributed by atoms with Crippen LogP contribution < -0.4 is 5.32 Å². The molecule has 0 aromatic heterocycles. The molecule has 0 bridgehead atoms. The molecular weight excluding hydrogens is 162 g/mol. The lowest BCUT2D eigenvalue weighted by atomic mass is 10.0. The summed E-state index contributed by atoms with van der Waals surface area (Å²) in [5, 5.41) is 3.35. The van der Waals surface area contributed by atoms with E-state index in [1.54, 1.807) is 0 Å². The Labute approximate surface area is 83.1 Å². The molecule has 2 nitrogen and oxygen atoms in total. The summed E-state index contributed by atoms with van der Waals surface area (Å²) in [5.41, 5.74) is 0. The van der Waals surface area contributed by atoms with Crippen molar-refractivity contribution in [3.05, 3.63) is 0 Å². The van der Waals surface area contributed by atoms with E-state index in [0.717, 1.165) is 6.61 Å². The molecule has 0 aromatic rings. The highest BCUT2D eigenvalue weighted by atomic mass is 16.5. The Balaban J connectivity index is 3.94. The quantitative estimate of drug-likeness (QED) is 0.630. The summed E-state index contributed by atoms with van der Waals surface area (Å²) < 4.78 is 5.73. The summed E-state index contributed by atoms with van der Waals surface area (Å²) >= 11 is 0. The molecule has 0 aromatic carbocycles. The van der Waals surface area contributed by atoms with Gasteiger partial charge in [-0.25, -0.2) is 0 Å². The van der Waals surface area contributed by atoms with E-state index < -0.39 is 0 Å². The first kappa shape index (κ1) is 12.9. The monoisotopic (exact) mass is 187 g/mol. The largest absolute Gasteiger partial charge is 0.377 e. The van der Waals surface area contributed by atoms with Gasteiger partial charge in [0.2, 0.25) is 0 Å². The molecule has 0 amide bonds. The lowest BCUT2D eigenvalue weighted by Crippen LogP contribution is -2.39. The molecular formula is C11H25NO. The molecule has 0 fully saturated rings. The predicted octanol–water partition coefficient (Wildman–Crippen LogP) is 2.58. The summed E-state index contributed by atoms with van der Waals surface area (Å²) in [7, 11) is 2.03. The van der Waals surface area contributed by atoms with Crippen molar-refractivity contribution >= 4 is 0 Å². The normalized spacial score (nSPS) is 15.7. The molecule has 0 radical (unpaired) electrons. The minimum Gasteiger partial charge on any atom is -0.377 e. The molecule has 0 heterocycles. The topological polar surface area (TPSA) is 21.3 Å². The van der Waals surface area contributed by atoms with Gasteiger partial charge >= 0.3 is 0 Å². The van der Waals surface area contributed by atoms with Gasteiger partial charge in [-0.15, -0.1) is 0 Å². The number of ether oxygens (including phenoxy) is 1. The molecule has 0 rings (SSSR count). The van der Waals surface area contributed by atoms with Gasteiger partial charge in [-0.2, -0.15) is 0 Å². The fourth-order valence-electron chi connectivity index (χ4n) is 1.73. The van der Waals surface area contributed by atoms with Crippen LogP contribution in [-0.4, -0.2) is 25.8 Å². The van der Waals surface area contributed by atoms with Gasteiger partial charge in [0.25, 0.3) is 0 Å². The molecule has 1 N–H and O–H groups in total. The first-order chi connectivity index (χ1) is 6.29. The first-order valence-electron chi connectivity index (χ1n) is 5.58. The smallest absolute Gasteiger partial charge is 0.0727 e. The zero-order chi connectivity index (χ0) is 10.1. The Morgan fingerprint density at radius 3 is 2.08 bits per heavy atom. The minimum absolute atomic E-state index is 0.403.